The molecule has 2 aromatic rings. The molecular formula is C20H23NO6. The number of esters is 1. The fourth-order valence-electron chi connectivity index (χ4n) is 2.44. The van der Waals surface area contributed by atoms with Crippen LogP contribution < -0.4 is 9.47 Å². The molecule has 0 saturated heterocycles. The van der Waals surface area contributed by atoms with E-state index in [0.717, 1.165) is 5.56 Å². The van der Waals surface area contributed by atoms with Crippen molar-refractivity contribution in [3.05, 3.63) is 54.1 Å². The van der Waals surface area contributed by atoms with Crippen LogP contribution in [0, 0.1) is 0 Å². The SMILES string of the molecule is CCOC(=O)CN(C(=O)Oc1ccc(OC)cc1)[C@@H](C)c1ccc(O)cc1. The van der Waals surface area contributed by atoms with Crippen LogP contribution in [-0.4, -0.2) is 42.3 Å². The average Bonchev–Trinajstić information content (AvgIpc) is 2.67. The molecule has 7 heteroatoms. The minimum absolute atomic E-state index is 0.115. The number of carbonyl (C=O) groups excluding carboxylic acids is 2. The summed E-state index contributed by atoms with van der Waals surface area (Å²) >= 11 is 0. The molecule has 144 valence electrons. The molecule has 1 atom stereocenters. The zero-order chi connectivity index (χ0) is 19.8. The van der Waals surface area contributed by atoms with Gasteiger partial charge in [-0.15, -0.1) is 0 Å². The molecule has 0 saturated carbocycles. The Balaban J connectivity index is 2.19. The lowest BCUT2D eigenvalue weighted by atomic mass is 10.1. The van der Waals surface area contributed by atoms with Crippen molar-refractivity contribution < 1.29 is 28.9 Å². The quantitative estimate of drug-likeness (QED) is 0.748. The Bertz CT molecular complexity index is 757. The largest absolute Gasteiger partial charge is 0.508 e. The smallest absolute Gasteiger partial charge is 0.416 e. The number of hydrogen-bond donors (Lipinski definition) is 1. The molecular weight excluding hydrogens is 350 g/mol. The molecule has 7 nitrogen and oxygen atoms in total. The molecule has 2 rings (SSSR count). The zero-order valence-corrected chi connectivity index (χ0v) is 15.5. The van der Waals surface area contributed by atoms with E-state index in [1.54, 1.807) is 57.4 Å². The van der Waals surface area contributed by atoms with E-state index in [1.165, 1.54) is 17.0 Å². The van der Waals surface area contributed by atoms with E-state index in [0.29, 0.717) is 11.5 Å². The van der Waals surface area contributed by atoms with Crippen LogP contribution in [0.2, 0.25) is 0 Å². The molecule has 0 aliphatic heterocycles. The molecule has 1 N–H and O–H groups in total. The molecule has 2 aromatic carbocycles. The third-order valence-corrected chi connectivity index (χ3v) is 3.95. The van der Waals surface area contributed by atoms with Crippen LogP contribution in [0.15, 0.2) is 48.5 Å². The van der Waals surface area contributed by atoms with E-state index in [4.69, 9.17) is 14.2 Å². The first-order chi connectivity index (χ1) is 12.9. The van der Waals surface area contributed by atoms with Crippen LogP contribution in [0.25, 0.3) is 0 Å². The van der Waals surface area contributed by atoms with Gasteiger partial charge in [0.1, 0.15) is 23.8 Å². The summed E-state index contributed by atoms with van der Waals surface area (Å²) in [6, 6.07) is 12.5. The molecule has 0 radical (unpaired) electrons. The number of methoxy groups -OCH3 is 1. The number of phenolic OH excluding ortho intramolecular Hbond substituents is 1. The van der Waals surface area contributed by atoms with Gasteiger partial charge in [0.25, 0.3) is 0 Å². The second kappa shape index (κ2) is 9.47. The van der Waals surface area contributed by atoms with Crippen molar-refractivity contribution in [2.45, 2.75) is 19.9 Å². The molecule has 0 unspecified atom stereocenters. The number of amides is 1. The molecule has 0 aliphatic rings. The Labute approximate surface area is 158 Å². The molecule has 0 fully saturated rings. The summed E-state index contributed by atoms with van der Waals surface area (Å²) in [6.45, 7) is 3.42. The molecule has 0 heterocycles. The van der Waals surface area contributed by atoms with Crippen molar-refractivity contribution in [1.82, 2.24) is 4.90 Å². The summed E-state index contributed by atoms with van der Waals surface area (Å²) in [5.74, 6) is 0.543. The first-order valence-electron chi connectivity index (χ1n) is 8.51. The maximum Gasteiger partial charge on any atom is 0.416 e. The monoisotopic (exact) mass is 373 g/mol. The van der Waals surface area contributed by atoms with Crippen LogP contribution in [-0.2, 0) is 9.53 Å². The summed E-state index contributed by atoms with van der Waals surface area (Å²) in [5.41, 5.74) is 0.740. The van der Waals surface area contributed by atoms with E-state index in [9.17, 15) is 14.7 Å². The number of rotatable bonds is 7. The van der Waals surface area contributed by atoms with Crippen molar-refractivity contribution in [1.29, 1.82) is 0 Å². The average molecular weight is 373 g/mol. The van der Waals surface area contributed by atoms with Crippen molar-refractivity contribution in [3.8, 4) is 17.2 Å². The van der Waals surface area contributed by atoms with Crippen molar-refractivity contribution in [2.24, 2.45) is 0 Å². The Hall–Kier alpha value is -3.22. The molecule has 27 heavy (non-hydrogen) atoms. The van der Waals surface area contributed by atoms with Gasteiger partial charge >= 0.3 is 12.1 Å². The van der Waals surface area contributed by atoms with Gasteiger partial charge in [-0.05, 0) is 55.8 Å². The Kier molecular flexibility index (Phi) is 7.05. The summed E-state index contributed by atoms with van der Waals surface area (Å²) < 4.78 is 15.4. The number of aromatic hydroxyl groups is 1. The molecule has 1 amide bonds. The minimum atomic E-state index is -0.686. The third kappa shape index (κ3) is 5.64. The molecule has 0 spiro atoms. The van der Waals surface area contributed by atoms with Crippen LogP contribution in [0.5, 0.6) is 17.2 Å². The highest BCUT2D eigenvalue weighted by molar-refractivity contribution is 5.79. The van der Waals surface area contributed by atoms with Crippen molar-refractivity contribution in [3.63, 3.8) is 0 Å². The maximum atomic E-state index is 12.7. The fourth-order valence-corrected chi connectivity index (χ4v) is 2.44. The standard InChI is InChI=1S/C20H23NO6/c1-4-26-19(23)13-21(14(2)15-5-7-16(22)8-6-15)20(24)27-18-11-9-17(25-3)10-12-18/h5-12,14,22H,4,13H2,1-3H3/t14-/m0/s1. The van der Waals surface area contributed by atoms with E-state index in [-0.39, 0.29) is 18.9 Å². The zero-order valence-electron chi connectivity index (χ0n) is 15.5. The maximum absolute atomic E-state index is 12.7. The number of benzene rings is 2. The lowest BCUT2D eigenvalue weighted by Crippen LogP contribution is -2.40. The van der Waals surface area contributed by atoms with Gasteiger partial charge in [-0.1, -0.05) is 12.1 Å². The number of nitrogens with zero attached hydrogens (tertiary/aromatic N) is 1. The first-order valence-corrected chi connectivity index (χ1v) is 8.51. The molecule has 0 bridgehead atoms. The topological polar surface area (TPSA) is 85.3 Å². The van der Waals surface area contributed by atoms with E-state index in [2.05, 4.69) is 0 Å². The Morgan fingerprint density at radius 1 is 1.04 bits per heavy atom. The third-order valence-electron chi connectivity index (χ3n) is 3.95. The van der Waals surface area contributed by atoms with Gasteiger partial charge < -0.3 is 19.3 Å². The van der Waals surface area contributed by atoms with Crippen LogP contribution in [0.3, 0.4) is 0 Å². The molecule has 0 aliphatic carbocycles. The summed E-state index contributed by atoms with van der Waals surface area (Å²) in [7, 11) is 1.54. The van der Waals surface area contributed by atoms with Gasteiger partial charge in [0.05, 0.1) is 19.8 Å². The lowest BCUT2D eigenvalue weighted by Gasteiger charge is -2.28. The van der Waals surface area contributed by atoms with Crippen molar-refractivity contribution >= 4 is 12.1 Å². The van der Waals surface area contributed by atoms with Crippen LogP contribution >= 0.6 is 0 Å². The Morgan fingerprint density at radius 3 is 2.19 bits per heavy atom. The van der Waals surface area contributed by atoms with Gasteiger partial charge in [-0.2, -0.15) is 0 Å². The lowest BCUT2D eigenvalue weighted by molar-refractivity contribution is -0.144. The van der Waals surface area contributed by atoms with E-state index >= 15 is 0 Å². The second-order valence-corrected chi connectivity index (χ2v) is 5.74. The predicted octanol–water partition coefficient (Wildman–Crippen LogP) is 3.53. The summed E-state index contributed by atoms with van der Waals surface area (Å²) in [5, 5.41) is 9.45. The van der Waals surface area contributed by atoms with Gasteiger partial charge in [-0.3, -0.25) is 9.69 Å². The van der Waals surface area contributed by atoms with Crippen LogP contribution in [0.4, 0.5) is 4.79 Å². The predicted molar refractivity (Wildman–Crippen MR) is 98.9 cm³/mol. The number of carbonyl (C=O) groups is 2. The van der Waals surface area contributed by atoms with Gasteiger partial charge in [0.15, 0.2) is 0 Å². The van der Waals surface area contributed by atoms with Crippen molar-refractivity contribution in [2.75, 3.05) is 20.3 Å². The number of phenols is 1. The Morgan fingerprint density at radius 2 is 1.63 bits per heavy atom. The second-order valence-electron chi connectivity index (χ2n) is 5.74. The first kappa shape index (κ1) is 20.1. The normalized spacial score (nSPS) is 11.4. The van der Waals surface area contributed by atoms with Crippen LogP contribution in [0.1, 0.15) is 25.5 Å². The summed E-state index contributed by atoms with van der Waals surface area (Å²) in [6.07, 6.45) is -0.686. The van der Waals surface area contributed by atoms with Gasteiger partial charge in [0.2, 0.25) is 0 Å². The minimum Gasteiger partial charge on any atom is -0.508 e. The highest BCUT2D eigenvalue weighted by Crippen LogP contribution is 2.24. The highest BCUT2D eigenvalue weighted by atomic mass is 16.6. The molecule has 0 aromatic heterocycles. The highest BCUT2D eigenvalue weighted by Gasteiger charge is 2.26. The van der Waals surface area contributed by atoms with E-state index in [1.807, 2.05) is 0 Å². The van der Waals surface area contributed by atoms with E-state index < -0.39 is 18.1 Å². The fraction of sp³-hybridized carbons (Fsp3) is 0.300. The number of ether oxygens (including phenoxy) is 3. The number of hydrogen-bond acceptors (Lipinski definition) is 6. The van der Waals surface area contributed by atoms with Gasteiger partial charge in [-0.25, -0.2) is 4.79 Å². The summed E-state index contributed by atoms with van der Waals surface area (Å²) in [4.78, 5) is 25.9. The van der Waals surface area contributed by atoms with Gasteiger partial charge in [0, 0.05) is 0 Å².